The topological polar surface area (TPSA) is 77.9 Å². The van der Waals surface area contributed by atoms with Crippen molar-refractivity contribution in [1.29, 1.82) is 0 Å². The number of benzene rings is 2. The Morgan fingerprint density at radius 3 is 2.30 bits per heavy atom. The SMILES string of the molecule is CCn1c(CN2CCCCC2)nc2cc(NC(=O)c3cc(OC)c(OC)c(OC)c3)ccc21. The summed E-state index contributed by atoms with van der Waals surface area (Å²) in [6.07, 6.45) is 3.82. The molecule has 0 saturated carbocycles. The van der Waals surface area contributed by atoms with Crippen molar-refractivity contribution < 1.29 is 19.0 Å². The number of carbonyl (C=O) groups excluding carboxylic acids is 1. The van der Waals surface area contributed by atoms with Crippen LogP contribution in [0.15, 0.2) is 30.3 Å². The fourth-order valence-corrected chi connectivity index (χ4v) is 4.46. The van der Waals surface area contributed by atoms with E-state index in [0.29, 0.717) is 28.5 Å². The largest absolute Gasteiger partial charge is 0.493 e. The Labute approximate surface area is 194 Å². The van der Waals surface area contributed by atoms with Gasteiger partial charge < -0.3 is 24.1 Å². The van der Waals surface area contributed by atoms with Gasteiger partial charge in [0.15, 0.2) is 11.5 Å². The van der Waals surface area contributed by atoms with Crippen molar-refractivity contribution in [2.75, 3.05) is 39.7 Å². The number of carbonyl (C=O) groups is 1. The molecule has 3 aromatic rings. The van der Waals surface area contributed by atoms with Crippen molar-refractivity contribution in [2.24, 2.45) is 0 Å². The van der Waals surface area contributed by atoms with E-state index in [1.807, 2.05) is 18.2 Å². The monoisotopic (exact) mass is 452 g/mol. The van der Waals surface area contributed by atoms with Gasteiger partial charge in [0, 0.05) is 17.8 Å². The molecule has 1 saturated heterocycles. The molecule has 0 unspecified atom stereocenters. The molecular weight excluding hydrogens is 420 g/mol. The zero-order valence-electron chi connectivity index (χ0n) is 19.8. The minimum absolute atomic E-state index is 0.267. The fourth-order valence-electron chi connectivity index (χ4n) is 4.46. The molecule has 1 aliphatic heterocycles. The van der Waals surface area contributed by atoms with Crippen LogP contribution in [0.4, 0.5) is 5.69 Å². The molecule has 1 amide bonds. The lowest BCUT2D eigenvalue weighted by Crippen LogP contribution is -2.30. The lowest BCUT2D eigenvalue weighted by atomic mass is 10.1. The number of ether oxygens (including phenoxy) is 3. The highest BCUT2D eigenvalue weighted by atomic mass is 16.5. The maximum atomic E-state index is 13.0. The third-order valence-electron chi connectivity index (χ3n) is 6.14. The lowest BCUT2D eigenvalue weighted by molar-refractivity contribution is 0.102. The van der Waals surface area contributed by atoms with Crippen molar-refractivity contribution in [1.82, 2.24) is 14.5 Å². The third-order valence-corrected chi connectivity index (χ3v) is 6.14. The molecule has 0 radical (unpaired) electrons. The number of methoxy groups -OCH3 is 3. The number of likely N-dealkylation sites (tertiary alicyclic amines) is 1. The zero-order chi connectivity index (χ0) is 23.4. The van der Waals surface area contributed by atoms with Crippen LogP contribution in [0.5, 0.6) is 17.2 Å². The van der Waals surface area contributed by atoms with Crippen LogP contribution in [0.1, 0.15) is 42.4 Å². The number of amides is 1. The van der Waals surface area contributed by atoms with Crippen LogP contribution in [-0.4, -0.2) is 54.8 Å². The van der Waals surface area contributed by atoms with Gasteiger partial charge in [-0.2, -0.15) is 0 Å². The van der Waals surface area contributed by atoms with E-state index in [4.69, 9.17) is 19.2 Å². The standard InChI is InChI=1S/C25H32N4O4/c1-5-29-20-10-9-18(15-19(20)27-23(29)16-28-11-7-6-8-12-28)26-25(30)17-13-21(31-2)24(33-4)22(14-17)32-3/h9-10,13-15H,5-8,11-12,16H2,1-4H3,(H,26,30). The summed E-state index contributed by atoms with van der Waals surface area (Å²) < 4.78 is 18.3. The smallest absolute Gasteiger partial charge is 0.255 e. The highest BCUT2D eigenvalue weighted by Crippen LogP contribution is 2.38. The molecule has 33 heavy (non-hydrogen) atoms. The Morgan fingerprint density at radius 1 is 1.00 bits per heavy atom. The molecule has 1 aliphatic rings. The molecule has 1 aromatic heterocycles. The van der Waals surface area contributed by atoms with Gasteiger partial charge >= 0.3 is 0 Å². The van der Waals surface area contributed by atoms with Gasteiger partial charge in [-0.1, -0.05) is 6.42 Å². The van der Waals surface area contributed by atoms with Crippen molar-refractivity contribution >= 4 is 22.6 Å². The first-order valence-corrected chi connectivity index (χ1v) is 11.4. The van der Waals surface area contributed by atoms with E-state index in [0.717, 1.165) is 43.0 Å². The van der Waals surface area contributed by atoms with Gasteiger partial charge in [-0.15, -0.1) is 0 Å². The summed E-state index contributed by atoms with van der Waals surface area (Å²) >= 11 is 0. The molecular formula is C25H32N4O4. The first-order valence-electron chi connectivity index (χ1n) is 11.4. The Morgan fingerprint density at radius 2 is 1.70 bits per heavy atom. The minimum atomic E-state index is -0.267. The maximum Gasteiger partial charge on any atom is 0.255 e. The van der Waals surface area contributed by atoms with E-state index in [9.17, 15) is 4.79 Å². The summed E-state index contributed by atoms with van der Waals surface area (Å²) in [7, 11) is 4.58. The quantitative estimate of drug-likeness (QED) is 0.548. The number of fused-ring (bicyclic) bond motifs is 1. The van der Waals surface area contributed by atoms with Crippen molar-refractivity contribution in [3.63, 3.8) is 0 Å². The van der Waals surface area contributed by atoms with E-state index in [1.54, 1.807) is 12.1 Å². The average Bonchev–Trinajstić information content (AvgIpc) is 3.19. The van der Waals surface area contributed by atoms with Crippen molar-refractivity contribution in [3.05, 3.63) is 41.7 Å². The van der Waals surface area contributed by atoms with E-state index in [2.05, 4.69) is 21.7 Å². The third kappa shape index (κ3) is 4.75. The molecule has 1 fully saturated rings. The molecule has 0 bridgehead atoms. The second-order valence-corrected chi connectivity index (χ2v) is 8.18. The number of rotatable bonds is 8. The number of aryl methyl sites for hydroxylation is 1. The Bertz CT molecular complexity index is 1110. The van der Waals surface area contributed by atoms with E-state index >= 15 is 0 Å². The first kappa shape index (κ1) is 22.9. The lowest BCUT2D eigenvalue weighted by Gasteiger charge is -2.26. The summed E-state index contributed by atoms with van der Waals surface area (Å²) in [5.74, 6) is 2.12. The molecule has 176 valence electrons. The van der Waals surface area contributed by atoms with E-state index in [-0.39, 0.29) is 5.91 Å². The molecule has 4 rings (SSSR count). The molecule has 1 N–H and O–H groups in total. The second kappa shape index (κ2) is 10.1. The van der Waals surface area contributed by atoms with Gasteiger partial charge in [0.1, 0.15) is 5.82 Å². The predicted molar refractivity (Wildman–Crippen MR) is 129 cm³/mol. The maximum absolute atomic E-state index is 13.0. The summed E-state index contributed by atoms with van der Waals surface area (Å²) in [6.45, 7) is 6.11. The number of nitrogens with one attached hydrogen (secondary N) is 1. The van der Waals surface area contributed by atoms with Gasteiger partial charge in [0.05, 0.1) is 38.9 Å². The number of imidazole rings is 1. The zero-order valence-corrected chi connectivity index (χ0v) is 19.8. The van der Waals surface area contributed by atoms with Gasteiger partial charge in [-0.05, 0) is 63.2 Å². The number of nitrogens with zero attached hydrogens (tertiary/aromatic N) is 3. The highest BCUT2D eigenvalue weighted by Gasteiger charge is 2.19. The van der Waals surface area contributed by atoms with Crippen LogP contribution < -0.4 is 19.5 Å². The summed E-state index contributed by atoms with van der Waals surface area (Å²) in [5.41, 5.74) is 3.06. The predicted octanol–water partition coefficient (Wildman–Crippen LogP) is 4.32. The summed E-state index contributed by atoms with van der Waals surface area (Å²) in [5, 5.41) is 2.97. The van der Waals surface area contributed by atoms with Crippen molar-refractivity contribution in [2.45, 2.75) is 39.3 Å². The van der Waals surface area contributed by atoms with Crippen LogP contribution in [0.3, 0.4) is 0 Å². The van der Waals surface area contributed by atoms with Gasteiger partial charge in [-0.25, -0.2) is 4.98 Å². The molecule has 0 spiro atoms. The van der Waals surface area contributed by atoms with Gasteiger partial charge in [-0.3, -0.25) is 9.69 Å². The number of piperidine rings is 1. The summed E-state index contributed by atoms with van der Waals surface area (Å²) in [6, 6.07) is 9.14. The molecule has 8 heteroatoms. The van der Waals surface area contributed by atoms with Crippen LogP contribution in [-0.2, 0) is 13.1 Å². The molecule has 8 nitrogen and oxygen atoms in total. The average molecular weight is 453 g/mol. The number of anilines is 1. The number of hydrogen-bond donors (Lipinski definition) is 1. The second-order valence-electron chi connectivity index (χ2n) is 8.18. The Kier molecular flexibility index (Phi) is 7.03. The number of aromatic nitrogens is 2. The Hall–Kier alpha value is -3.26. The van der Waals surface area contributed by atoms with Crippen LogP contribution in [0, 0.1) is 0 Å². The van der Waals surface area contributed by atoms with E-state index < -0.39 is 0 Å². The van der Waals surface area contributed by atoms with Gasteiger partial charge in [0.25, 0.3) is 5.91 Å². The van der Waals surface area contributed by atoms with Gasteiger partial charge in [0.2, 0.25) is 5.75 Å². The van der Waals surface area contributed by atoms with Crippen molar-refractivity contribution in [3.8, 4) is 17.2 Å². The summed E-state index contributed by atoms with van der Waals surface area (Å²) in [4.78, 5) is 20.4. The molecule has 0 atom stereocenters. The highest BCUT2D eigenvalue weighted by molar-refractivity contribution is 6.05. The molecule has 0 aliphatic carbocycles. The normalized spacial score (nSPS) is 14.3. The van der Waals surface area contributed by atoms with Crippen LogP contribution >= 0.6 is 0 Å². The Balaban J connectivity index is 1.58. The molecule has 2 heterocycles. The molecule has 2 aromatic carbocycles. The minimum Gasteiger partial charge on any atom is -0.493 e. The van der Waals surface area contributed by atoms with Crippen LogP contribution in [0.25, 0.3) is 11.0 Å². The fraction of sp³-hybridized carbons (Fsp3) is 0.440. The van der Waals surface area contributed by atoms with E-state index in [1.165, 1.54) is 40.6 Å². The van der Waals surface area contributed by atoms with Crippen LogP contribution in [0.2, 0.25) is 0 Å². The number of hydrogen-bond acceptors (Lipinski definition) is 6. The first-order chi connectivity index (χ1) is 16.1.